The van der Waals surface area contributed by atoms with Crippen molar-refractivity contribution in [2.24, 2.45) is 0 Å². The zero-order valence-electron chi connectivity index (χ0n) is 15.9. The molecule has 1 aliphatic heterocycles. The Morgan fingerprint density at radius 2 is 1.86 bits per heavy atom. The van der Waals surface area contributed by atoms with E-state index in [1.54, 1.807) is 12.1 Å². The van der Waals surface area contributed by atoms with Gasteiger partial charge < -0.3 is 9.42 Å². The highest BCUT2D eigenvalue weighted by molar-refractivity contribution is 6.30. The Morgan fingerprint density at radius 3 is 2.55 bits per heavy atom. The largest absolute Gasteiger partial charge is 0.363 e. The molecule has 2 heterocycles. The van der Waals surface area contributed by atoms with E-state index in [-0.39, 0.29) is 5.69 Å². The van der Waals surface area contributed by atoms with Crippen molar-refractivity contribution in [3.8, 4) is 11.4 Å². The molecule has 0 amide bonds. The third kappa shape index (κ3) is 4.38. The van der Waals surface area contributed by atoms with Gasteiger partial charge in [-0.2, -0.15) is 4.98 Å². The Balaban J connectivity index is 1.39. The van der Waals surface area contributed by atoms with Crippen molar-refractivity contribution in [3.63, 3.8) is 0 Å². The number of hydrogen-bond acceptors (Lipinski definition) is 7. The van der Waals surface area contributed by atoms with Crippen molar-refractivity contribution >= 4 is 23.0 Å². The highest BCUT2D eigenvalue weighted by atomic mass is 35.5. The fourth-order valence-electron chi connectivity index (χ4n) is 3.39. The second-order valence-corrected chi connectivity index (χ2v) is 7.47. The van der Waals surface area contributed by atoms with E-state index in [1.165, 1.54) is 11.6 Å². The molecule has 0 unspecified atom stereocenters. The minimum absolute atomic E-state index is 0.0330. The van der Waals surface area contributed by atoms with Gasteiger partial charge >= 0.3 is 0 Å². The molecule has 29 heavy (non-hydrogen) atoms. The molecule has 2 aromatic carbocycles. The summed E-state index contributed by atoms with van der Waals surface area (Å²) < 4.78 is 5.41. The highest BCUT2D eigenvalue weighted by Gasteiger charge is 2.25. The van der Waals surface area contributed by atoms with E-state index in [2.05, 4.69) is 15.0 Å². The van der Waals surface area contributed by atoms with Gasteiger partial charge in [0.05, 0.1) is 11.5 Å². The van der Waals surface area contributed by atoms with E-state index in [9.17, 15) is 10.1 Å². The van der Waals surface area contributed by atoms with Crippen molar-refractivity contribution < 1.29 is 9.45 Å². The van der Waals surface area contributed by atoms with Crippen LogP contribution in [-0.4, -0.2) is 46.1 Å². The highest BCUT2D eigenvalue weighted by Crippen LogP contribution is 2.31. The minimum Gasteiger partial charge on any atom is -0.363 e. The van der Waals surface area contributed by atoms with Crippen molar-refractivity contribution in [3.05, 3.63) is 69.1 Å². The first-order chi connectivity index (χ1) is 14.0. The lowest BCUT2D eigenvalue weighted by molar-refractivity contribution is -0.384. The number of hydrogen-bond donors (Lipinski definition) is 0. The summed E-state index contributed by atoms with van der Waals surface area (Å²) in [6, 6.07) is 12.8. The number of nitro groups is 1. The molecule has 8 nitrogen and oxygen atoms in total. The molecule has 1 aliphatic rings. The van der Waals surface area contributed by atoms with Crippen molar-refractivity contribution in [2.45, 2.75) is 13.5 Å². The van der Waals surface area contributed by atoms with Crippen molar-refractivity contribution in [1.29, 1.82) is 0 Å². The lowest BCUT2D eigenvalue weighted by atomic mass is 10.1. The van der Waals surface area contributed by atoms with Crippen molar-refractivity contribution in [2.75, 3.05) is 31.1 Å². The standard InChI is InChI=1S/C20H20ClN5O3/c1-14-2-4-15(5-3-14)20-22-19(29-23-20)13-24-8-10-25(11-9-24)17-7-6-16(21)12-18(17)26(27)28/h2-7,12H,8-11,13H2,1H3. The molecule has 0 N–H and O–H groups in total. The molecule has 0 saturated carbocycles. The predicted octanol–water partition coefficient (Wildman–Crippen LogP) is 3.93. The average molecular weight is 414 g/mol. The first-order valence-corrected chi connectivity index (χ1v) is 9.68. The third-order valence-electron chi connectivity index (χ3n) is 4.98. The van der Waals surface area contributed by atoms with Gasteiger partial charge in [0, 0.05) is 42.8 Å². The Morgan fingerprint density at radius 1 is 1.14 bits per heavy atom. The topological polar surface area (TPSA) is 88.5 Å². The molecule has 3 aromatic rings. The Kier molecular flexibility index (Phi) is 5.46. The number of piperazine rings is 1. The van der Waals surface area contributed by atoms with Crippen LogP contribution in [0, 0.1) is 17.0 Å². The molecule has 9 heteroatoms. The van der Waals surface area contributed by atoms with Crippen LogP contribution in [0.25, 0.3) is 11.4 Å². The molecule has 0 spiro atoms. The first-order valence-electron chi connectivity index (χ1n) is 9.30. The van der Waals surface area contributed by atoms with Gasteiger partial charge in [-0.05, 0) is 19.1 Å². The fraction of sp³-hybridized carbons (Fsp3) is 0.300. The molecule has 4 rings (SSSR count). The summed E-state index contributed by atoms with van der Waals surface area (Å²) in [6.07, 6.45) is 0. The van der Waals surface area contributed by atoms with Gasteiger partial charge in [-0.15, -0.1) is 0 Å². The van der Waals surface area contributed by atoms with Crippen LogP contribution < -0.4 is 4.90 Å². The molecule has 0 atom stereocenters. The fourth-order valence-corrected chi connectivity index (χ4v) is 3.55. The van der Waals surface area contributed by atoms with E-state index in [4.69, 9.17) is 16.1 Å². The normalized spacial score (nSPS) is 14.9. The lowest BCUT2D eigenvalue weighted by Gasteiger charge is -2.35. The maximum absolute atomic E-state index is 11.3. The molecule has 1 aromatic heterocycles. The molecule has 1 saturated heterocycles. The average Bonchev–Trinajstić information content (AvgIpc) is 3.17. The number of nitro benzene ring substituents is 1. The van der Waals surface area contributed by atoms with Gasteiger partial charge in [0.25, 0.3) is 5.69 Å². The Bertz CT molecular complexity index is 1010. The Hall–Kier alpha value is -2.97. The summed E-state index contributed by atoms with van der Waals surface area (Å²) in [7, 11) is 0. The number of aryl methyl sites for hydroxylation is 1. The number of rotatable bonds is 5. The van der Waals surface area contributed by atoms with Crippen LogP contribution in [0.2, 0.25) is 5.02 Å². The monoisotopic (exact) mass is 413 g/mol. The summed E-state index contributed by atoms with van der Waals surface area (Å²) in [5, 5.41) is 15.8. The number of aromatic nitrogens is 2. The van der Waals surface area contributed by atoms with Gasteiger partial charge in [0.15, 0.2) is 0 Å². The van der Waals surface area contributed by atoms with E-state index in [0.717, 1.165) is 18.7 Å². The van der Waals surface area contributed by atoms with E-state index in [0.29, 0.717) is 42.1 Å². The maximum atomic E-state index is 11.3. The minimum atomic E-state index is -0.390. The Labute approximate surface area is 172 Å². The summed E-state index contributed by atoms with van der Waals surface area (Å²) in [5.41, 5.74) is 2.73. The van der Waals surface area contributed by atoms with E-state index < -0.39 is 4.92 Å². The second kappa shape index (κ2) is 8.18. The number of benzene rings is 2. The molecule has 150 valence electrons. The van der Waals surface area contributed by atoms with Crippen LogP contribution in [0.4, 0.5) is 11.4 Å². The zero-order valence-corrected chi connectivity index (χ0v) is 16.7. The SMILES string of the molecule is Cc1ccc(-c2noc(CN3CCN(c4ccc(Cl)cc4[N+](=O)[O-])CC3)n2)cc1. The molecule has 0 aliphatic carbocycles. The molecule has 1 fully saturated rings. The van der Waals surface area contributed by atoms with Crippen LogP contribution in [0.5, 0.6) is 0 Å². The predicted molar refractivity (Wildman–Crippen MR) is 110 cm³/mol. The number of anilines is 1. The van der Waals surface area contributed by atoms with E-state index >= 15 is 0 Å². The van der Waals surface area contributed by atoms with Crippen LogP contribution in [0.1, 0.15) is 11.5 Å². The second-order valence-electron chi connectivity index (χ2n) is 7.03. The van der Waals surface area contributed by atoms with Gasteiger partial charge in [-0.25, -0.2) is 0 Å². The summed E-state index contributed by atoms with van der Waals surface area (Å²) in [5.74, 6) is 1.14. The van der Waals surface area contributed by atoms with Crippen molar-refractivity contribution in [1.82, 2.24) is 15.0 Å². The zero-order chi connectivity index (χ0) is 20.4. The van der Waals surface area contributed by atoms with Gasteiger partial charge in [0.2, 0.25) is 11.7 Å². The molecule has 0 radical (unpaired) electrons. The number of nitrogens with zero attached hydrogens (tertiary/aromatic N) is 5. The van der Waals surface area contributed by atoms with Gasteiger partial charge in [-0.3, -0.25) is 15.0 Å². The smallest absolute Gasteiger partial charge is 0.294 e. The lowest BCUT2D eigenvalue weighted by Crippen LogP contribution is -2.46. The molecule has 0 bridgehead atoms. The summed E-state index contributed by atoms with van der Waals surface area (Å²) in [6.45, 7) is 5.39. The van der Waals surface area contributed by atoms with Crippen LogP contribution >= 0.6 is 11.6 Å². The molecular formula is C20H20ClN5O3. The van der Waals surface area contributed by atoms with Crippen LogP contribution in [-0.2, 0) is 6.54 Å². The molecular weight excluding hydrogens is 394 g/mol. The van der Waals surface area contributed by atoms with Crippen LogP contribution in [0.3, 0.4) is 0 Å². The van der Waals surface area contributed by atoms with E-state index in [1.807, 2.05) is 36.1 Å². The summed E-state index contributed by atoms with van der Waals surface area (Å²) >= 11 is 5.91. The van der Waals surface area contributed by atoms with Gasteiger partial charge in [-0.1, -0.05) is 46.6 Å². The quantitative estimate of drug-likeness (QED) is 0.462. The third-order valence-corrected chi connectivity index (χ3v) is 5.22. The first kappa shape index (κ1) is 19.4. The summed E-state index contributed by atoms with van der Waals surface area (Å²) in [4.78, 5) is 19.7. The number of halogens is 1. The van der Waals surface area contributed by atoms with Crippen LogP contribution in [0.15, 0.2) is 47.0 Å². The van der Waals surface area contributed by atoms with Gasteiger partial charge in [0.1, 0.15) is 5.69 Å². The maximum Gasteiger partial charge on any atom is 0.294 e.